The molecule has 4 atom stereocenters. The molecule has 40 heavy (non-hydrogen) atoms. The fourth-order valence-electron chi connectivity index (χ4n) is 3.83. The minimum Gasteiger partial charge on any atom is -1.00 e. The molecule has 4 unspecified atom stereocenters. The van der Waals surface area contributed by atoms with Crippen LogP contribution in [0.15, 0.2) is 0 Å². The fourth-order valence-corrected chi connectivity index (χ4v) is 5.24. The zero-order chi connectivity index (χ0) is 27.8. The Kier molecular flexibility index (Phi) is 110. The summed E-state index contributed by atoms with van der Waals surface area (Å²) in [5.41, 5.74) is 0. The largest absolute Gasteiger partial charge is 1.00 e. The van der Waals surface area contributed by atoms with Gasteiger partial charge in [0.05, 0.1) is 24.6 Å². The Balaban J connectivity index is -0.0000000551. The predicted octanol–water partition coefficient (Wildman–Crippen LogP) is -0.167. The van der Waals surface area contributed by atoms with Gasteiger partial charge in [0, 0.05) is 0 Å². The van der Waals surface area contributed by atoms with Gasteiger partial charge in [-0.2, -0.15) is 0 Å². The predicted molar refractivity (Wildman–Crippen MR) is 197 cm³/mol. The maximum Gasteiger partial charge on any atom is 0.0526 e. The Bertz CT molecular complexity index is 226. The van der Waals surface area contributed by atoms with Gasteiger partial charge in [-0.3, -0.25) is 0 Å². The lowest BCUT2D eigenvalue weighted by atomic mass is 10.1. The van der Waals surface area contributed by atoms with Crippen LogP contribution in [0.4, 0.5) is 0 Å². The van der Waals surface area contributed by atoms with E-state index in [0.29, 0.717) is 0 Å². The molecule has 0 aromatic carbocycles. The molecule has 0 aliphatic rings. The summed E-state index contributed by atoms with van der Waals surface area (Å²) >= 11 is 0. The fraction of sp³-hybridized carbons (Fsp3) is 1.00. The van der Waals surface area contributed by atoms with E-state index in [4.69, 9.17) is 0 Å². The Labute approximate surface area is 261 Å². The highest BCUT2D eigenvalue weighted by Crippen LogP contribution is 2.07. The van der Waals surface area contributed by atoms with Crippen molar-refractivity contribution in [3.63, 3.8) is 0 Å². The van der Waals surface area contributed by atoms with Crippen LogP contribution in [-0.4, -0.2) is 24.6 Å². The summed E-state index contributed by atoms with van der Waals surface area (Å²) in [6.45, 7) is 9.06. The smallest absolute Gasteiger partial charge is 0.0526 e. The van der Waals surface area contributed by atoms with Gasteiger partial charge in [0.1, 0.15) is 0 Å². The quantitative estimate of drug-likeness (QED) is 0.0765. The van der Waals surface area contributed by atoms with Crippen molar-refractivity contribution >= 4 is 37.0 Å². The monoisotopic (exact) mass is 665 g/mol. The van der Waals surface area contributed by atoms with Crippen LogP contribution in [-0.2, 0) is 0 Å². The van der Waals surface area contributed by atoms with E-state index in [2.05, 4.69) is 64.7 Å². The third-order valence-corrected chi connectivity index (χ3v) is 8.41. The van der Waals surface area contributed by atoms with Crippen LogP contribution in [0.2, 0.25) is 0 Å². The molecule has 0 aromatic heterocycles. The minimum absolute atomic E-state index is 0. The van der Waals surface area contributed by atoms with Crippen LogP contribution in [0, 0.1) is 0 Å². The van der Waals surface area contributed by atoms with Gasteiger partial charge >= 0.3 is 0 Å². The second kappa shape index (κ2) is 72.6. The summed E-state index contributed by atoms with van der Waals surface area (Å²) in [7, 11) is 8.37. The molecule has 0 radical (unpaired) electrons. The standard InChI is InChI=1S/4C8H19P.4FH/c4*1-2-3-4-5-6-7-8-9;;;;/h4*2-9H2,1H3;4*1H. The molecule has 0 nitrogen and oxygen atoms in total. The number of hydrogen-bond donors (Lipinski definition) is 0. The molecule has 0 amide bonds. The summed E-state index contributed by atoms with van der Waals surface area (Å²) in [6.07, 6.45) is 40.1. The van der Waals surface area contributed by atoms with Crippen molar-refractivity contribution in [1.82, 2.24) is 0 Å². The summed E-state index contributed by atoms with van der Waals surface area (Å²) in [4.78, 5) is 0. The van der Waals surface area contributed by atoms with Gasteiger partial charge in [-0.15, -0.1) is 0 Å². The molecule has 0 spiro atoms. The summed E-state index contributed by atoms with van der Waals surface area (Å²) < 4.78 is 0. The first-order valence-electron chi connectivity index (χ1n) is 16.8. The highest BCUT2D eigenvalue weighted by atomic mass is 31.0. The van der Waals surface area contributed by atoms with Crippen molar-refractivity contribution in [2.75, 3.05) is 24.6 Å². The first-order chi connectivity index (χ1) is 17.7. The van der Waals surface area contributed by atoms with Crippen molar-refractivity contribution < 1.29 is 18.8 Å². The molecule has 0 rings (SSSR count). The van der Waals surface area contributed by atoms with Crippen molar-refractivity contribution in [2.45, 2.75) is 182 Å². The van der Waals surface area contributed by atoms with Crippen molar-refractivity contribution in [1.29, 1.82) is 0 Å². The van der Waals surface area contributed by atoms with E-state index in [1.165, 1.54) is 179 Å². The molecule has 8 heteroatoms. The van der Waals surface area contributed by atoms with Crippen LogP contribution >= 0.6 is 37.0 Å². The van der Waals surface area contributed by atoms with Crippen LogP contribution in [0.5, 0.6) is 0 Å². The molecule has 0 aliphatic carbocycles. The molecular formula is C32H80F4P4. The van der Waals surface area contributed by atoms with Crippen LogP contribution in [0.25, 0.3) is 0 Å². The van der Waals surface area contributed by atoms with E-state index >= 15 is 0 Å². The first-order valence-corrected chi connectivity index (χ1v) is 20.8. The molecule has 0 aliphatic heterocycles. The first kappa shape index (κ1) is 60.6. The summed E-state index contributed by atoms with van der Waals surface area (Å²) in [6, 6.07) is 0. The van der Waals surface area contributed by atoms with E-state index in [9.17, 15) is 0 Å². The van der Waals surface area contributed by atoms with Crippen LogP contribution in [0.1, 0.15) is 182 Å². The van der Waals surface area contributed by atoms with Crippen LogP contribution in [0.3, 0.4) is 0 Å². The number of rotatable bonds is 24. The van der Waals surface area contributed by atoms with Gasteiger partial charge in [-0.05, 0) is 88.3 Å². The van der Waals surface area contributed by atoms with E-state index in [-0.39, 0.29) is 18.8 Å². The van der Waals surface area contributed by atoms with E-state index in [1.807, 2.05) is 0 Å². The molecule has 0 saturated carbocycles. The number of halogens is 4. The zero-order valence-corrected chi connectivity index (χ0v) is 33.8. The van der Waals surface area contributed by atoms with E-state index < -0.39 is 0 Å². The van der Waals surface area contributed by atoms with Crippen molar-refractivity contribution in [3.05, 3.63) is 0 Å². The van der Waals surface area contributed by atoms with Crippen molar-refractivity contribution in [2.24, 2.45) is 0 Å². The third kappa shape index (κ3) is 90.0. The van der Waals surface area contributed by atoms with Gasteiger partial charge in [-0.1, -0.05) is 130 Å². The Morgan fingerprint density at radius 2 is 0.350 bits per heavy atom. The topological polar surface area (TPSA) is 0 Å². The zero-order valence-electron chi connectivity index (χ0n) is 28.1. The second-order valence-corrected chi connectivity index (χ2v) is 13.3. The lowest BCUT2D eigenvalue weighted by Gasteiger charge is -1.94. The Morgan fingerprint density at radius 3 is 0.475 bits per heavy atom. The normalized spacial score (nSPS) is 9.30. The molecule has 256 valence electrons. The maximum atomic E-state index is 2.27. The average Bonchev–Trinajstić information content (AvgIpc) is 2.90. The number of unbranched alkanes of at least 4 members (excludes halogenated alkanes) is 20. The summed E-state index contributed by atoms with van der Waals surface area (Å²) in [5.74, 6) is 0. The van der Waals surface area contributed by atoms with E-state index in [0.717, 1.165) is 0 Å². The molecule has 0 fully saturated rings. The lowest BCUT2D eigenvalue weighted by molar-refractivity contribution is -0.00100. The molecular weight excluding hydrogens is 584 g/mol. The molecule has 0 bridgehead atoms. The molecule has 0 saturated heterocycles. The average molecular weight is 665 g/mol. The third-order valence-electron chi connectivity index (χ3n) is 6.41. The second-order valence-electron chi connectivity index (χ2n) is 10.5. The summed E-state index contributed by atoms with van der Waals surface area (Å²) in [5, 5.41) is 0. The van der Waals surface area contributed by atoms with Gasteiger partial charge in [-0.25, -0.2) is 0 Å². The Morgan fingerprint density at radius 1 is 0.225 bits per heavy atom. The SMILES string of the molecule is CCCCCCCC[PH3+].CCCCCCCC[PH3+].CCCCCCCC[PH3+].CCCCCCCC[PH3+].[F-].[F-].[F-].[F-]. The number of hydrogen-bond acceptors (Lipinski definition) is 0. The highest BCUT2D eigenvalue weighted by Gasteiger charge is 1.89. The van der Waals surface area contributed by atoms with Gasteiger partial charge in [0.25, 0.3) is 0 Å². The Hall–Kier alpha value is 1.44. The molecule has 0 heterocycles. The van der Waals surface area contributed by atoms with Crippen LogP contribution < -0.4 is 18.8 Å². The van der Waals surface area contributed by atoms with E-state index in [1.54, 1.807) is 0 Å². The maximum absolute atomic E-state index is 2.27. The van der Waals surface area contributed by atoms with Gasteiger partial charge < -0.3 is 18.8 Å². The van der Waals surface area contributed by atoms with Crippen molar-refractivity contribution in [3.8, 4) is 0 Å². The lowest BCUT2D eigenvalue weighted by Crippen LogP contribution is -3.00. The van der Waals surface area contributed by atoms with Gasteiger partial charge in [0.15, 0.2) is 0 Å². The van der Waals surface area contributed by atoms with Gasteiger partial charge in [0.2, 0.25) is 0 Å². The highest BCUT2D eigenvalue weighted by molar-refractivity contribution is 7.16. The minimum atomic E-state index is 0. The molecule has 0 N–H and O–H groups in total. The molecule has 0 aromatic rings.